The van der Waals surface area contributed by atoms with E-state index in [1.807, 2.05) is 24.3 Å². The highest BCUT2D eigenvalue weighted by atomic mass is 16.5. The van der Waals surface area contributed by atoms with Gasteiger partial charge in [0.2, 0.25) is 0 Å². The topological polar surface area (TPSA) is 61.2 Å². The number of benzene rings is 1. The molecule has 0 bridgehead atoms. The minimum absolute atomic E-state index is 0.0656. The smallest absolute Gasteiger partial charge is 0.314 e. The number of rotatable bonds is 5. The molecule has 1 aliphatic rings. The molecule has 1 aromatic heterocycles. The highest BCUT2D eigenvalue weighted by Crippen LogP contribution is 2.37. The zero-order chi connectivity index (χ0) is 20.3. The van der Waals surface area contributed by atoms with Crippen molar-refractivity contribution >= 4 is 5.97 Å². The lowest BCUT2D eigenvalue weighted by atomic mass is 9.76. The fourth-order valence-electron chi connectivity index (χ4n) is 3.88. The van der Waals surface area contributed by atoms with E-state index in [0.29, 0.717) is 12.1 Å². The molecule has 0 N–H and O–H groups in total. The zero-order valence-corrected chi connectivity index (χ0v) is 17.3. The van der Waals surface area contributed by atoms with Crippen LogP contribution in [0.5, 0.6) is 0 Å². The number of esters is 1. The fourth-order valence-corrected chi connectivity index (χ4v) is 3.88. The maximum Gasteiger partial charge on any atom is 0.314 e. The highest BCUT2D eigenvalue weighted by molar-refractivity contribution is 5.79. The molecule has 1 heterocycles. The van der Waals surface area contributed by atoms with Gasteiger partial charge in [-0.1, -0.05) is 45.0 Å². The second-order valence-corrected chi connectivity index (χ2v) is 8.86. The van der Waals surface area contributed by atoms with Crippen molar-refractivity contribution in [1.29, 1.82) is 0 Å². The lowest BCUT2D eigenvalue weighted by Gasteiger charge is -2.30. The predicted molar refractivity (Wildman–Crippen MR) is 109 cm³/mol. The largest absolute Gasteiger partial charge is 0.462 e. The summed E-state index contributed by atoms with van der Waals surface area (Å²) in [6.07, 6.45) is 5.92. The van der Waals surface area contributed by atoms with E-state index in [4.69, 9.17) is 4.74 Å². The van der Waals surface area contributed by atoms with Crippen LogP contribution in [0.25, 0.3) is 0 Å². The van der Waals surface area contributed by atoms with Crippen molar-refractivity contribution < 1.29 is 9.53 Å². The van der Waals surface area contributed by atoms with Gasteiger partial charge in [-0.2, -0.15) is 5.10 Å². The van der Waals surface area contributed by atoms with Crippen molar-refractivity contribution in [3.05, 3.63) is 63.6 Å². The van der Waals surface area contributed by atoms with Gasteiger partial charge in [-0.25, -0.2) is 4.68 Å². The van der Waals surface area contributed by atoms with Crippen LogP contribution in [0, 0.1) is 12.3 Å². The lowest BCUT2D eigenvalue weighted by molar-refractivity contribution is -0.153. The van der Waals surface area contributed by atoms with Gasteiger partial charge in [0.15, 0.2) is 0 Å². The molecule has 0 amide bonds. The number of aryl methyl sites for hydroxylation is 1. The van der Waals surface area contributed by atoms with Gasteiger partial charge in [-0.3, -0.25) is 9.59 Å². The Hall–Kier alpha value is -2.43. The molecule has 28 heavy (non-hydrogen) atoms. The van der Waals surface area contributed by atoms with E-state index in [1.54, 1.807) is 19.2 Å². The van der Waals surface area contributed by atoms with E-state index < -0.39 is 0 Å². The van der Waals surface area contributed by atoms with Crippen LogP contribution in [-0.2, 0) is 16.1 Å². The van der Waals surface area contributed by atoms with Crippen LogP contribution >= 0.6 is 0 Å². The molecule has 5 heteroatoms. The zero-order valence-electron chi connectivity index (χ0n) is 17.3. The number of hydrogen-bond donors (Lipinski definition) is 0. The summed E-state index contributed by atoms with van der Waals surface area (Å²) in [6, 6.07) is 9.59. The van der Waals surface area contributed by atoms with Crippen molar-refractivity contribution in [2.45, 2.75) is 71.9 Å². The fraction of sp³-hybridized carbons (Fsp3) is 0.522. The lowest BCUT2D eigenvalue weighted by Crippen LogP contribution is -2.30. The van der Waals surface area contributed by atoms with Crippen LogP contribution in [0.3, 0.4) is 0 Å². The first-order valence-corrected chi connectivity index (χ1v) is 10.1. The Kier molecular flexibility index (Phi) is 6.01. The molecule has 0 radical (unpaired) electrons. The number of carbonyl (C=O) groups is 1. The van der Waals surface area contributed by atoms with Crippen LogP contribution < -0.4 is 5.56 Å². The maximum atomic E-state index is 12.9. The SMILES string of the molecule is Cc1ccnn(Cc2ccc(C(C(=O)OC3CCCC3)C(C)(C)C)cc2)c1=O. The van der Waals surface area contributed by atoms with E-state index in [-0.39, 0.29) is 29.0 Å². The van der Waals surface area contributed by atoms with Gasteiger partial charge in [0.05, 0.1) is 12.5 Å². The summed E-state index contributed by atoms with van der Waals surface area (Å²) in [5.74, 6) is -0.453. The molecular formula is C23H30N2O3. The Morgan fingerprint density at radius 2 is 1.82 bits per heavy atom. The third-order valence-corrected chi connectivity index (χ3v) is 5.43. The Morgan fingerprint density at radius 3 is 2.43 bits per heavy atom. The predicted octanol–water partition coefficient (Wildman–Crippen LogP) is 4.22. The van der Waals surface area contributed by atoms with Gasteiger partial charge >= 0.3 is 5.97 Å². The number of aromatic nitrogens is 2. The normalized spacial score (nSPS) is 16.1. The molecule has 5 nitrogen and oxygen atoms in total. The van der Waals surface area contributed by atoms with E-state index in [1.165, 1.54) is 4.68 Å². The quantitative estimate of drug-likeness (QED) is 0.727. The van der Waals surface area contributed by atoms with Gasteiger partial charge in [0.1, 0.15) is 6.10 Å². The second kappa shape index (κ2) is 8.29. The molecular weight excluding hydrogens is 352 g/mol. The Labute approximate surface area is 166 Å². The van der Waals surface area contributed by atoms with Gasteiger partial charge in [0, 0.05) is 11.8 Å². The standard InChI is InChI=1S/C23H30N2O3/c1-16-13-14-24-25(21(16)26)15-17-9-11-18(12-10-17)20(23(2,3)4)22(27)28-19-7-5-6-8-19/h9-14,19-20H,5-8,15H2,1-4H3. The van der Waals surface area contributed by atoms with Crippen LogP contribution in [-0.4, -0.2) is 21.9 Å². The second-order valence-electron chi connectivity index (χ2n) is 8.86. The molecule has 150 valence electrons. The van der Waals surface area contributed by atoms with Crippen LogP contribution in [0.1, 0.15) is 69.1 Å². The average Bonchev–Trinajstić information content (AvgIpc) is 3.12. The molecule has 0 spiro atoms. The molecule has 0 saturated heterocycles. The minimum Gasteiger partial charge on any atom is -0.462 e. The average molecular weight is 383 g/mol. The monoisotopic (exact) mass is 382 g/mol. The number of hydrogen-bond acceptors (Lipinski definition) is 4. The maximum absolute atomic E-state index is 12.9. The third kappa shape index (κ3) is 4.70. The third-order valence-electron chi connectivity index (χ3n) is 5.43. The summed E-state index contributed by atoms with van der Waals surface area (Å²) in [4.78, 5) is 25.1. The summed E-state index contributed by atoms with van der Waals surface area (Å²) in [5.41, 5.74) is 2.27. The Balaban J connectivity index is 1.79. The van der Waals surface area contributed by atoms with Gasteiger partial charge in [0.25, 0.3) is 5.56 Å². The summed E-state index contributed by atoms with van der Waals surface area (Å²) in [6.45, 7) is 8.40. The summed E-state index contributed by atoms with van der Waals surface area (Å²) < 4.78 is 7.27. The van der Waals surface area contributed by atoms with Crippen molar-refractivity contribution in [2.24, 2.45) is 5.41 Å². The van der Waals surface area contributed by atoms with Crippen LogP contribution in [0.15, 0.2) is 41.3 Å². The van der Waals surface area contributed by atoms with E-state index >= 15 is 0 Å². The number of nitrogens with zero attached hydrogens (tertiary/aromatic N) is 2. The molecule has 0 aliphatic heterocycles. The van der Waals surface area contributed by atoms with E-state index in [9.17, 15) is 9.59 Å². The summed E-state index contributed by atoms with van der Waals surface area (Å²) in [7, 11) is 0. The molecule has 1 aliphatic carbocycles. The van der Waals surface area contributed by atoms with Gasteiger partial charge in [-0.05, 0) is 55.2 Å². The molecule has 3 rings (SSSR count). The first kappa shape index (κ1) is 20.3. The van der Waals surface area contributed by atoms with E-state index in [0.717, 1.165) is 36.8 Å². The van der Waals surface area contributed by atoms with Crippen molar-refractivity contribution in [3.8, 4) is 0 Å². The Morgan fingerprint density at radius 1 is 1.18 bits per heavy atom. The molecule has 1 unspecified atom stereocenters. The van der Waals surface area contributed by atoms with Crippen LogP contribution in [0.2, 0.25) is 0 Å². The van der Waals surface area contributed by atoms with Gasteiger partial charge < -0.3 is 4.74 Å². The molecule has 1 aromatic carbocycles. The number of carbonyl (C=O) groups excluding carboxylic acids is 1. The molecule has 1 saturated carbocycles. The van der Waals surface area contributed by atoms with Crippen molar-refractivity contribution in [3.63, 3.8) is 0 Å². The van der Waals surface area contributed by atoms with Crippen molar-refractivity contribution in [1.82, 2.24) is 9.78 Å². The minimum atomic E-state index is -0.318. The molecule has 1 fully saturated rings. The summed E-state index contributed by atoms with van der Waals surface area (Å²) >= 11 is 0. The first-order valence-electron chi connectivity index (χ1n) is 10.1. The molecule has 1 atom stereocenters. The Bertz CT molecular complexity index is 872. The van der Waals surface area contributed by atoms with Crippen molar-refractivity contribution in [2.75, 3.05) is 0 Å². The molecule has 2 aromatic rings. The van der Waals surface area contributed by atoms with Crippen LogP contribution in [0.4, 0.5) is 0 Å². The number of ether oxygens (including phenoxy) is 1. The van der Waals surface area contributed by atoms with E-state index in [2.05, 4.69) is 25.9 Å². The first-order chi connectivity index (χ1) is 13.3. The summed E-state index contributed by atoms with van der Waals surface area (Å²) in [5, 5.41) is 4.15. The van der Waals surface area contributed by atoms with Gasteiger partial charge in [-0.15, -0.1) is 0 Å². The highest BCUT2D eigenvalue weighted by Gasteiger charge is 2.35.